The number of fused-ring (bicyclic) bond motifs is 1. The monoisotopic (exact) mass is 375 g/mol. The average Bonchev–Trinajstić information content (AvgIpc) is 2.90. The lowest BCUT2D eigenvalue weighted by Crippen LogP contribution is -2.19. The summed E-state index contributed by atoms with van der Waals surface area (Å²) in [6, 6.07) is 8.28. The number of nitriles is 1. The number of benzene rings is 1. The third kappa shape index (κ3) is 3.03. The largest absolute Gasteiger partial charge is 0.506 e. The number of H-pyrrole nitrogens is 1. The van der Waals surface area contributed by atoms with Gasteiger partial charge < -0.3 is 20.6 Å². The third-order valence-electron chi connectivity index (χ3n) is 3.43. The van der Waals surface area contributed by atoms with Crippen LogP contribution in [0.3, 0.4) is 0 Å². The predicted molar refractivity (Wildman–Crippen MR) is 94.0 cm³/mol. The fourth-order valence-electron chi connectivity index (χ4n) is 2.35. The number of amides is 1. The van der Waals surface area contributed by atoms with Crippen molar-refractivity contribution in [3.05, 3.63) is 44.5 Å². The third-order valence-corrected chi connectivity index (χ3v) is 4.74. The van der Waals surface area contributed by atoms with Gasteiger partial charge in [0.05, 0.1) is 5.39 Å². The highest BCUT2D eigenvalue weighted by Gasteiger charge is 2.21. The number of primary amides is 1. The Balaban J connectivity index is 2.13. The molecule has 4 N–H and O–H groups in total. The summed E-state index contributed by atoms with van der Waals surface area (Å²) in [7, 11) is 0. The highest BCUT2D eigenvalue weighted by molar-refractivity contribution is 7.23. The van der Waals surface area contributed by atoms with E-state index in [1.54, 1.807) is 30.3 Å². The van der Waals surface area contributed by atoms with Crippen LogP contribution in [0.2, 0.25) is 4.34 Å². The molecule has 25 heavy (non-hydrogen) atoms. The normalized spacial score (nSPS) is 10.6. The number of nitrogens with zero attached hydrogens (tertiary/aromatic N) is 1. The Morgan fingerprint density at radius 3 is 2.68 bits per heavy atom. The Hall–Kier alpha value is -3.02. The number of halogens is 1. The van der Waals surface area contributed by atoms with Crippen molar-refractivity contribution in [3.8, 4) is 28.7 Å². The van der Waals surface area contributed by atoms with Gasteiger partial charge in [-0.25, -0.2) is 0 Å². The zero-order valence-corrected chi connectivity index (χ0v) is 14.1. The first-order valence-corrected chi connectivity index (χ1v) is 8.10. The molecule has 1 aromatic carbocycles. The molecule has 9 heteroatoms. The number of thiophene rings is 1. The topological polar surface area (TPSA) is 129 Å². The summed E-state index contributed by atoms with van der Waals surface area (Å²) in [5.41, 5.74) is 5.12. The van der Waals surface area contributed by atoms with Gasteiger partial charge in [0.2, 0.25) is 0 Å². The van der Waals surface area contributed by atoms with Crippen molar-refractivity contribution in [3.63, 3.8) is 0 Å². The van der Waals surface area contributed by atoms with E-state index < -0.39 is 17.2 Å². The lowest BCUT2D eigenvalue weighted by atomic mass is 10.0. The molecule has 0 saturated carbocycles. The number of rotatable bonds is 4. The summed E-state index contributed by atoms with van der Waals surface area (Å²) in [4.78, 5) is 25.4. The van der Waals surface area contributed by atoms with Crippen molar-refractivity contribution in [2.45, 2.75) is 0 Å². The quantitative estimate of drug-likeness (QED) is 0.644. The van der Waals surface area contributed by atoms with Gasteiger partial charge in [0, 0.05) is 5.56 Å². The first-order valence-electron chi connectivity index (χ1n) is 6.91. The van der Waals surface area contributed by atoms with Gasteiger partial charge in [-0.2, -0.15) is 5.26 Å². The van der Waals surface area contributed by atoms with Crippen LogP contribution in [0.1, 0.15) is 5.56 Å². The molecule has 3 aromatic rings. The maximum Gasteiger partial charge on any atom is 0.270 e. The molecule has 0 unspecified atom stereocenters. The van der Waals surface area contributed by atoms with Crippen molar-refractivity contribution >= 4 is 39.1 Å². The van der Waals surface area contributed by atoms with E-state index in [1.807, 2.05) is 0 Å². The van der Waals surface area contributed by atoms with E-state index in [4.69, 9.17) is 27.3 Å². The molecule has 7 nitrogen and oxygen atoms in total. The fourth-order valence-corrected chi connectivity index (χ4v) is 3.73. The second kappa shape index (κ2) is 6.47. The zero-order valence-electron chi connectivity index (χ0n) is 12.5. The summed E-state index contributed by atoms with van der Waals surface area (Å²) < 4.78 is 5.54. The molecule has 2 heterocycles. The lowest BCUT2D eigenvalue weighted by molar-refractivity contribution is -0.119. The molecule has 0 atom stereocenters. The number of nitrogens with two attached hydrogens (primary N) is 1. The highest BCUT2D eigenvalue weighted by Crippen LogP contribution is 2.45. The first-order chi connectivity index (χ1) is 11.9. The van der Waals surface area contributed by atoms with Crippen molar-refractivity contribution in [1.29, 1.82) is 5.26 Å². The summed E-state index contributed by atoms with van der Waals surface area (Å²) >= 11 is 7.36. The van der Waals surface area contributed by atoms with Crippen LogP contribution in [0.15, 0.2) is 29.1 Å². The minimum absolute atomic E-state index is 0.241. The number of aromatic nitrogens is 1. The average molecular weight is 376 g/mol. The number of aromatic hydroxyl groups is 1. The maximum atomic E-state index is 11.8. The van der Waals surface area contributed by atoms with Crippen molar-refractivity contribution < 1.29 is 14.6 Å². The van der Waals surface area contributed by atoms with Crippen LogP contribution in [0, 0.1) is 11.3 Å². The molecule has 0 saturated heterocycles. The number of ether oxygens (including phenoxy) is 1. The fraction of sp³-hybridized carbons (Fsp3) is 0.0625. The Bertz CT molecular complexity index is 1080. The second-order valence-electron chi connectivity index (χ2n) is 5.02. The number of carbonyl (C=O) groups is 1. The number of hydrogen-bond acceptors (Lipinski definition) is 6. The van der Waals surface area contributed by atoms with Crippen LogP contribution >= 0.6 is 22.9 Å². The van der Waals surface area contributed by atoms with E-state index in [-0.39, 0.29) is 12.2 Å². The summed E-state index contributed by atoms with van der Waals surface area (Å²) in [5.74, 6) is -0.559. The SMILES string of the molecule is N#Cc1c(O)c2c(-c3ccc(OCC(N)=O)cc3)c(Cl)sc2[nH]c1=O. The van der Waals surface area contributed by atoms with Crippen molar-refractivity contribution in [1.82, 2.24) is 4.98 Å². The molecule has 0 aliphatic heterocycles. The van der Waals surface area contributed by atoms with Crippen molar-refractivity contribution in [2.24, 2.45) is 5.73 Å². The Labute approximate surface area is 149 Å². The molecule has 2 aromatic heterocycles. The molecular weight excluding hydrogens is 366 g/mol. The number of carbonyl (C=O) groups excluding carboxylic acids is 1. The van der Waals surface area contributed by atoms with Gasteiger partial charge in [0.25, 0.3) is 11.5 Å². The summed E-state index contributed by atoms with van der Waals surface area (Å²) in [6.45, 7) is -0.241. The number of pyridine rings is 1. The van der Waals surface area contributed by atoms with Gasteiger partial charge in [-0.3, -0.25) is 9.59 Å². The van der Waals surface area contributed by atoms with Gasteiger partial charge in [-0.05, 0) is 17.7 Å². The Morgan fingerprint density at radius 2 is 2.08 bits per heavy atom. The molecule has 126 valence electrons. The van der Waals surface area contributed by atoms with E-state index in [9.17, 15) is 14.7 Å². The Morgan fingerprint density at radius 1 is 1.40 bits per heavy atom. The molecule has 0 aliphatic carbocycles. The summed E-state index contributed by atoms with van der Waals surface area (Å²) in [5, 5.41) is 19.7. The molecule has 0 bridgehead atoms. The maximum absolute atomic E-state index is 11.8. The van der Waals surface area contributed by atoms with Crippen LogP contribution in [0.5, 0.6) is 11.5 Å². The van der Waals surface area contributed by atoms with Crippen LogP contribution in [0.25, 0.3) is 21.3 Å². The minimum Gasteiger partial charge on any atom is -0.506 e. The molecular formula is C16H10ClN3O4S. The van der Waals surface area contributed by atoms with E-state index in [0.29, 0.717) is 31.4 Å². The van der Waals surface area contributed by atoms with Crippen LogP contribution < -0.4 is 16.0 Å². The standard InChI is InChI=1S/C16H10ClN3O4S/c17-14-11(7-1-3-8(4-2-7)24-6-10(19)21)12-13(22)9(5-18)15(23)20-16(12)25-14/h1-4H,6H2,(H2,19,21)(H2,20,22,23). The number of hydrogen-bond donors (Lipinski definition) is 3. The molecule has 0 fully saturated rings. The first kappa shape index (κ1) is 16.8. The summed E-state index contributed by atoms with van der Waals surface area (Å²) in [6.07, 6.45) is 0. The van der Waals surface area contributed by atoms with Crippen LogP contribution in [0.4, 0.5) is 0 Å². The Kier molecular flexibility index (Phi) is 4.35. The number of aromatic amines is 1. The molecule has 0 aliphatic rings. The predicted octanol–water partition coefficient (Wildman–Crippen LogP) is 2.35. The molecule has 0 spiro atoms. The van der Waals surface area contributed by atoms with Gasteiger partial charge >= 0.3 is 0 Å². The second-order valence-corrected chi connectivity index (χ2v) is 6.65. The molecule has 1 amide bonds. The molecule has 0 radical (unpaired) electrons. The molecule has 3 rings (SSSR count). The smallest absolute Gasteiger partial charge is 0.270 e. The van der Waals surface area contributed by atoms with Gasteiger partial charge in [-0.1, -0.05) is 23.7 Å². The van der Waals surface area contributed by atoms with Crippen LogP contribution in [-0.2, 0) is 4.79 Å². The lowest BCUT2D eigenvalue weighted by Gasteiger charge is -2.06. The zero-order chi connectivity index (χ0) is 18.1. The van der Waals surface area contributed by atoms with E-state index in [0.717, 1.165) is 11.3 Å². The number of nitrogens with one attached hydrogen (secondary N) is 1. The van der Waals surface area contributed by atoms with E-state index in [1.165, 1.54) is 0 Å². The van der Waals surface area contributed by atoms with Crippen LogP contribution in [-0.4, -0.2) is 22.6 Å². The highest BCUT2D eigenvalue weighted by atomic mass is 35.5. The van der Waals surface area contributed by atoms with E-state index >= 15 is 0 Å². The van der Waals surface area contributed by atoms with Gasteiger partial charge in [0.1, 0.15) is 26.7 Å². The van der Waals surface area contributed by atoms with Gasteiger partial charge in [-0.15, -0.1) is 11.3 Å². The van der Waals surface area contributed by atoms with Crippen molar-refractivity contribution in [2.75, 3.05) is 6.61 Å². The van der Waals surface area contributed by atoms with E-state index in [2.05, 4.69) is 4.98 Å². The van der Waals surface area contributed by atoms with Gasteiger partial charge in [0.15, 0.2) is 12.2 Å². The minimum atomic E-state index is -0.674.